The summed E-state index contributed by atoms with van der Waals surface area (Å²) in [5.74, 6) is 0.126. The summed E-state index contributed by atoms with van der Waals surface area (Å²) < 4.78 is 19.0. The van der Waals surface area contributed by atoms with Gasteiger partial charge >= 0.3 is 0 Å². The van der Waals surface area contributed by atoms with E-state index in [1.807, 2.05) is 0 Å². The third-order valence-corrected chi connectivity index (χ3v) is 2.94. The van der Waals surface area contributed by atoms with Crippen LogP contribution in [0.3, 0.4) is 0 Å². The van der Waals surface area contributed by atoms with Crippen molar-refractivity contribution in [1.82, 2.24) is 0 Å². The van der Waals surface area contributed by atoms with Gasteiger partial charge in [0.15, 0.2) is 0 Å². The second kappa shape index (κ2) is 8.09. The predicted octanol–water partition coefficient (Wildman–Crippen LogP) is 4.23. The SMILES string of the molecule is CCCCCCCOc1ccc(C(C)O)c(F)c1. The lowest BCUT2D eigenvalue weighted by Gasteiger charge is -2.10. The molecule has 2 nitrogen and oxygen atoms in total. The molecule has 0 saturated heterocycles. The van der Waals surface area contributed by atoms with Crippen LogP contribution >= 0.6 is 0 Å². The number of aliphatic hydroxyl groups excluding tert-OH is 1. The quantitative estimate of drug-likeness (QED) is 0.703. The molecule has 1 aromatic rings. The molecule has 0 aliphatic carbocycles. The third-order valence-electron chi connectivity index (χ3n) is 2.94. The highest BCUT2D eigenvalue weighted by Crippen LogP contribution is 2.21. The Bertz CT molecular complexity index is 350. The van der Waals surface area contributed by atoms with Crippen LogP contribution in [0.5, 0.6) is 5.75 Å². The number of unbranched alkanes of at least 4 members (excludes halogenated alkanes) is 4. The molecule has 1 N–H and O–H groups in total. The van der Waals surface area contributed by atoms with Crippen molar-refractivity contribution >= 4 is 0 Å². The summed E-state index contributed by atoms with van der Waals surface area (Å²) in [6.45, 7) is 4.35. The van der Waals surface area contributed by atoms with Crippen LogP contribution in [0.4, 0.5) is 4.39 Å². The van der Waals surface area contributed by atoms with E-state index in [1.54, 1.807) is 19.1 Å². The number of ether oxygens (including phenoxy) is 1. The highest BCUT2D eigenvalue weighted by molar-refractivity contribution is 5.29. The maximum absolute atomic E-state index is 13.5. The molecule has 0 heterocycles. The van der Waals surface area contributed by atoms with E-state index in [-0.39, 0.29) is 0 Å². The zero-order valence-corrected chi connectivity index (χ0v) is 11.3. The third kappa shape index (κ3) is 5.05. The standard InChI is InChI=1S/C15H23FO2/c1-3-4-5-6-7-10-18-13-8-9-14(12(2)17)15(16)11-13/h8-9,11-12,17H,3-7,10H2,1-2H3. The molecular formula is C15H23FO2. The van der Waals surface area contributed by atoms with Gasteiger partial charge in [0.1, 0.15) is 11.6 Å². The van der Waals surface area contributed by atoms with Gasteiger partial charge in [-0.3, -0.25) is 0 Å². The van der Waals surface area contributed by atoms with Gasteiger partial charge in [-0.05, 0) is 25.5 Å². The molecule has 0 spiro atoms. The average Bonchev–Trinajstić information content (AvgIpc) is 2.33. The Morgan fingerprint density at radius 2 is 1.94 bits per heavy atom. The van der Waals surface area contributed by atoms with Crippen molar-refractivity contribution in [2.24, 2.45) is 0 Å². The van der Waals surface area contributed by atoms with Crippen molar-refractivity contribution in [2.75, 3.05) is 6.61 Å². The molecule has 0 aliphatic heterocycles. The summed E-state index contributed by atoms with van der Waals surface area (Å²) >= 11 is 0. The molecule has 102 valence electrons. The van der Waals surface area contributed by atoms with Gasteiger partial charge in [0.25, 0.3) is 0 Å². The van der Waals surface area contributed by atoms with E-state index in [0.717, 1.165) is 12.8 Å². The van der Waals surface area contributed by atoms with Crippen LogP contribution in [0.2, 0.25) is 0 Å². The van der Waals surface area contributed by atoms with Crippen molar-refractivity contribution in [3.05, 3.63) is 29.6 Å². The normalized spacial score (nSPS) is 12.4. The summed E-state index contributed by atoms with van der Waals surface area (Å²) in [5.41, 5.74) is 0.310. The number of halogens is 1. The number of hydrogen-bond acceptors (Lipinski definition) is 2. The van der Waals surface area contributed by atoms with Crippen molar-refractivity contribution in [2.45, 2.75) is 52.1 Å². The minimum absolute atomic E-state index is 0.310. The van der Waals surface area contributed by atoms with Gasteiger partial charge in [-0.15, -0.1) is 0 Å². The minimum Gasteiger partial charge on any atom is -0.493 e. The monoisotopic (exact) mass is 254 g/mol. The predicted molar refractivity (Wildman–Crippen MR) is 71.3 cm³/mol. The maximum Gasteiger partial charge on any atom is 0.132 e. The molecule has 1 unspecified atom stereocenters. The lowest BCUT2D eigenvalue weighted by Crippen LogP contribution is -2.00. The van der Waals surface area contributed by atoms with Gasteiger partial charge in [-0.1, -0.05) is 32.6 Å². The molecule has 0 aliphatic rings. The highest BCUT2D eigenvalue weighted by atomic mass is 19.1. The van der Waals surface area contributed by atoms with Crippen LogP contribution in [0.25, 0.3) is 0 Å². The van der Waals surface area contributed by atoms with Gasteiger partial charge in [0.2, 0.25) is 0 Å². The summed E-state index contributed by atoms with van der Waals surface area (Å²) in [5, 5.41) is 9.31. The fraction of sp³-hybridized carbons (Fsp3) is 0.600. The Hall–Kier alpha value is -1.09. The van der Waals surface area contributed by atoms with Gasteiger partial charge in [-0.25, -0.2) is 4.39 Å². The zero-order valence-electron chi connectivity index (χ0n) is 11.3. The zero-order chi connectivity index (χ0) is 13.4. The van der Waals surface area contributed by atoms with E-state index in [9.17, 15) is 9.50 Å². The molecule has 0 bridgehead atoms. The maximum atomic E-state index is 13.5. The molecule has 3 heteroatoms. The molecule has 18 heavy (non-hydrogen) atoms. The smallest absolute Gasteiger partial charge is 0.132 e. The Morgan fingerprint density at radius 1 is 1.22 bits per heavy atom. The summed E-state index contributed by atoms with van der Waals surface area (Å²) in [4.78, 5) is 0. The fourth-order valence-corrected chi connectivity index (χ4v) is 1.83. The topological polar surface area (TPSA) is 29.5 Å². The van der Waals surface area contributed by atoms with Crippen LogP contribution in [0, 0.1) is 5.82 Å². The molecule has 1 aromatic carbocycles. The first kappa shape index (κ1) is 15.0. The summed E-state index contributed by atoms with van der Waals surface area (Å²) in [6.07, 6.45) is 5.09. The lowest BCUT2D eigenvalue weighted by atomic mass is 10.1. The first-order chi connectivity index (χ1) is 8.65. The van der Waals surface area contributed by atoms with Crippen LogP contribution < -0.4 is 4.74 Å². The Balaban J connectivity index is 2.33. The van der Waals surface area contributed by atoms with Gasteiger partial charge in [0.05, 0.1) is 12.7 Å². The van der Waals surface area contributed by atoms with Gasteiger partial charge < -0.3 is 9.84 Å². The molecule has 0 radical (unpaired) electrons. The second-order valence-corrected chi connectivity index (χ2v) is 4.62. The number of benzene rings is 1. The van der Waals surface area contributed by atoms with E-state index in [0.29, 0.717) is 17.9 Å². The Kier molecular flexibility index (Phi) is 6.73. The molecule has 1 rings (SSSR count). The Labute approximate surface area is 109 Å². The molecule has 0 fully saturated rings. The van der Waals surface area contributed by atoms with Crippen LogP contribution in [0.15, 0.2) is 18.2 Å². The van der Waals surface area contributed by atoms with E-state index < -0.39 is 11.9 Å². The van der Waals surface area contributed by atoms with Gasteiger partial charge in [0, 0.05) is 11.6 Å². The number of rotatable bonds is 8. The second-order valence-electron chi connectivity index (χ2n) is 4.62. The van der Waals surface area contributed by atoms with Gasteiger partial charge in [-0.2, -0.15) is 0 Å². The average molecular weight is 254 g/mol. The van der Waals surface area contributed by atoms with Crippen molar-refractivity contribution in [3.8, 4) is 5.75 Å². The van der Waals surface area contributed by atoms with E-state index in [1.165, 1.54) is 25.3 Å². The number of aliphatic hydroxyl groups is 1. The summed E-state index contributed by atoms with van der Waals surface area (Å²) in [7, 11) is 0. The molecule has 0 saturated carbocycles. The fourth-order valence-electron chi connectivity index (χ4n) is 1.83. The van der Waals surface area contributed by atoms with Crippen LogP contribution in [-0.2, 0) is 0 Å². The number of hydrogen-bond donors (Lipinski definition) is 1. The first-order valence-corrected chi connectivity index (χ1v) is 6.75. The molecule has 1 atom stereocenters. The Morgan fingerprint density at radius 3 is 2.56 bits per heavy atom. The summed E-state index contributed by atoms with van der Waals surface area (Å²) in [6, 6.07) is 4.62. The molecule has 0 amide bonds. The highest BCUT2D eigenvalue weighted by Gasteiger charge is 2.08. The lowest BCUT2D eigenvalue weighted by molar-refractivity contribution is 0.194. The first-order valence-electron chi connectivity index (χ1n) is 6.75. The van der Waals surface area contributed by atoms with E-state index >= 15 is 0 Å². The van der Waals surface area contributed by atoms with Crippen molar-refractivity contribution in [3.63, 3.8) is 0 Å². The van der Waals surface area contributed by atoms with Crippen LogP contribution in [0.1, 0.15) is 57.6 Å². The molecule has 0 aromatic heterocycles. The molecular weight excluding hydrogens is 231 g/mol. The van der Waals surface area contributed by atoms with E-state index in [4.69, 9.17) is 4.74 Å². The van der Waals surface area contributed by atoms with Crippen LogP contribution in [-0.4, -0.2) is 11.7 Å². The van der Waals surface area contributed by atoms with Crippen molar-refractivity contribution in [1.29, 1.82) is 0 Å². The van der Waals surface area contributed by atoms with Crippen molar-refractivity contribution < 1.29 is 14.2 Å². The minimum atomic E-state index is -0.784. The van der Waals surface area contributed by atoms with E-state index in [2.05, 4.69) is 6.92 Å². The largest absolute Gasteiger partial charge is 0.493 e.